The second-order valence-electron chi connectivity index (χ2n) is 9.61. The number of imide groups is 1. The summed E-state index contributed by atoms with van der Waals surface area (Å²) in [7, 11) is 0. The van der Waals surface area contributed by atoms with Gasteiger partial charge in [0, 0.05) is 28.4 Å². The van der Waals surface area contributed by atoms with Gasteiger partial charge in [0.25, 0.3) is 0 Å². The predicted molar refractivity (Wildman–Crippen MR) is 123 cm³/mol. The zero-order valence-electron chi connectivity index (χ0n) is 18.5. The molecule has 2 aromatic carbocycles. The lowest BCUT2D eigenvalue weighted by molar-refractivity contribution is -0.135. The second-order valence-corrected chi connectivity index (χ2v) is 10.0. The molecule has 1 spiro atoms. The molecule has 7 rings (SSSR count). The van der Waals surface area contributed by atoms with E-state index < -0.39 is 17.4 Å². The summed E-state index contributed by atoms with van der Waals surface area (Å²) >= 11 is 6.44. The summed E-state index contributed by atoms with van der Waals surface area (Å²) in [5.74, 6) is -1.21. The topological polar surface area (TPSA) is 88.2 Å². The van der Waals surface area contributed by atoms with Crippen molar-refractivity contribution < 1.29 is 23.9 Å². The van der Waals surface area contributed by atoms with Gasteiger partial charge in [0.1, 0.15) is 18.8 Å². The zero-order valence-corrected chi connectivity index (χ0v) is 19.2. The molecule has 3 amide bonds. The van der Waals surface area contributed by atoms with E-state index in [1.807, 2.05) is 6.92 Å². The Kier molecular flexibility index (Phi) is 4.02. The number of nitrogens with one attached hydrogen (secondary N) is 1. The van der Waals surface area contributed by atoms with Gasteiger partial charge in [-0.2, -0.15) is 0 Å². The Hall–Kier alpha value is -3.10. The van der Waals surface area contributed by atoms with E-state index in [0.29, 0.717) is 53.2 Å². The molecule has 0 aromatic heterocycles. The number of carbonyl (C=O) groups is 3. The van der Waals surface area contributed by atoms with Crippen molar-refractivity contribution >= 4 is 40.7 Å². The third kappa shape index (κ3) is 2.30. The zero-order chi connectivity index (χ0) is 23.4. The quantitative estimate of drug-likeness (QED) is 0.633. The van der Waals surface area contributed by atoms with Crippen LogP contribution in [0.2, 0.25) is 5.02 Å². The molecular weight excluding hydrogens is 458 g/mol. The fourth-order valence-corrected chi connectivity index (χ4v) is 7.13. The molecule has 2 aromatic rings. The number of rotatable bonds is 1. The van der Waals surface area contributed by atoms with Gasteiger partial charge in [-0.15, -0.1) is 0 Å². The van der Waals surface area contributed by atoms with Crippen LogP contribution in [0.3, 0.4) is 0 Å². The first-order valence-electron chi connectivity index (χ1n) is 11.6. The minimum atomic E-state index is -1.24. The lowest BCUT2D eigenvalue weighted by Gasteiger charge is -2.36. The third-order valence-electron chi connectivity index (χ3n) is 8.05. The third-order valence-corrected chi connectivity index (χ3v) is 8.27. The van der Waals surface area contributed by atoms with Crippen LogP contribution in [-0.4, -0.2) is 48.4 Å². The van der Waals surface area contributed by atoms with Crippen LogP contribution in [0.4, 0.5) is 11.4 Å². The molecule has 0 radical (unpaired) electrons. The Balaban J connectivity index is 1.40. The molecule has 4 atom stereocenters. The molecular formula is C25H22ClN3O5. The van der Waals surface area contributed by atoms with Crippen molar-refractivity contribution in [2.45, 2.75) is 31.3 Å². The van der Waals surface area contributed by atoms with Gasteiger partial charge < -0.3 is 14.8 Å². The smallest absolute Gasteiger partial charge is 0.250 e. The number of carbonyl (C=O) groups excluding carboxylic acids is 3. The molecule has 0 unspecified atom stereocenters. The summed E-state index contributed by atoms with van der Waals surface area (Å²) in [5, 5.41) is 3.53. The van der Waals surface area contributed by atoms with Gasteiger partial charge in [-0.1, -0.05) is 11.6 Å². The van der Waals surface area contributed by atoms with Crippen molar-refractivity contribution in [3.63, 3.8) is 0 Å². The largest absolute Gasteiger partial charge is 0.486 e. The Labute approximate surface area is 200 Å². The van der Waals surface area contributed by atoms with Gasteiger partial charge in [-0.3, -0.25) is 19.3 Å². The molecule has 8 nitrogen and oxygen atoms in total. The summed E-state index contributed by atoms with van der Waals surface area (Å²) in [6, 6.07) is 8.50. The summed E-state index contributed by atoms with van der Waals surface area (Å²) in [5.41, 5.74) is 1.43. The van der Waals surface area contributed by atoms with E-state index in [-0.39, 0.29) is 23.8 Å². The van der Waals surface area contributed by atoms with Crippen LogP contribution in [0.25, 0.3) is 0 Å². The number of halogens is 1. The van der Waals surface area contributed by atoms with E-state index in [2.05, 4.69) is 10.2 Å². The number of amides is 3. The van der Waals surface area contributed by atoms with Crippen molar-refractivity contribution in [3.05, 3.63) is 46.5 Å². The lowest BCUT2D eigenvalue weighted by Crippen LogP contribution is -2.54. The normalized spacial score (nSPS) is 31.2. The number of benzene rings is 2. The number of aryl methyl sites for hydroxylation is 1. The van der Waals surface area contributed by atoms with Crippen molar-refractivity contribution in [1.29, 1.82) is 0 Å². The second kappa shape index (κ2) is 6.73. The Morgan fingerprint density at radius 2 is 1.85 bits per heavy atom. The fraction of sp³-hybridized carbons (Fsp3) is 0.400. The molecule has 3 fully saturated rings. The summed E-state index contributed by atoms with van der Waals surface area (Å²) in [4.78, 5) is 45.0. The van der Waals surface area contributed by atoms with Crippen LogP contribution < -0.4 is 19.7 Å². The molecule has 34 heavy (non-hydrogen) atoms. The van der Waals surface area contributed by atoms with Crippen LogP contribution in [0.5, 0.6) is 11.5 Å². The Morgan fingerprint density at radius 3 is 2.68 bits per heavy atom. The molecule has 5 aliphatic heterocycles. The van der Waals surface area contributed by atoms with Gasteiger partial charge in [0.2, 0.25) is 17.7 Å². The first-order valence-corrected chi connectivity index (χ1v) is 12.0. The van der Waals surface area contributed by atoms with Crippen LogP contribution in [-0.2, 0) is 19.9 Å². The highest BCUT2D eigenvalue weighted by molar-refractivity contribution is 6.31. The number of hydrogen-bond donors (Lipinski definition) is 1. The van der Waals surface area contributed by atoms with Crippen LogP contribution >= 0.6 is 11.6 Å². The van der Waals surface area contributed by atoms with Crippen LogP contribution in [0, 0.1) is 18.8 Å². The molecule has 5 heterocycles. The van der Waals surface area contributed by atoms with Crippen molar-refractivity contribution in [3.8, 4) is 11.5 Å². The van der Waals surface area contributed by atoms with Crippen molar-refractivity contribution in [1.82, 2.24) is 4.90 Å². The number of hydrogen-bond acceptors (Lipinski definition) is 6. The molecule has 3 saturated heterocycles. The number of fused-ring (bicyclic) bond motifs is 8. The van der Waals surface area contributed by atoms with Crippen molar-refractivity contribution in [2.75, 3.05) is 30.0 Å². The monoisotopic (exact) mass is 479 g/mol. The maximum absolute atomic E-state index is 14.1. The molecule has 174 valence electrons. The van der Waals surface area contributed by atoms with E-state index >= 15 is 0 Å². The number of nitrogens with zero attached hydrogens (tertiary/aromatic N) is 2. The van der Waals surface area contributed by atoms with Gasteiger partial charge in [0.05, 0.1) is 17.5 Å². The van der Waals surface area contributed by atoms with Crippen LogP contribution in [0.15, 0.2) is 30.3 Å². The predicted octanol–water partition coefficient (Wildman–Crippen LogP) is 2.85. The molecule has 5 aliphatic rings. The van der Waals surface area contributed by atoms with E-state index in [0.717, 1.165) is 18.4 Å². The maximum Gasteiger partial charge on any atom is 0.250 e. The minimum absolute atomic E-state index is 0.181. The molecule has 1 N–H and O–H groups in total. The summed E-state index contributed by atoms with van der Waals surface area (Å²) in [6.45, 7) is 3.40. The maximum atomic E-state index is 14.1. The Bertz CT molecular complexity index is 1310. The first kappa shape index (κ1) is 20.3. The summed E-state index contributed by atoms with van der Waals surface area (Å²) < 4.78 is 11.3. The first-order chi connectivity index (χ1) is 16.4. The molecule has 0 aliphatic carbocycles. The Morgan fingerprint density at radius 1 is 1.06 bits per heavy atom. The van der Waals surface area contributed by atoms with E-state index in [9.17, 15) is 14.4 Å². The van der Waals surface area contributed by atoms with Crippen LogP contribution in [0.1, 0.15) is 24.0 Å². The minimum Gasteiger partial charge on any atom is -0.486 e. The molecule has 0 saturated carbocycles. The number of anilines is 2. The van der Waals surface area contributed by atoms with Gasteiger partial charge >= 0.3 is 0 Å². The van der Waals surface area contributed by atoms with E-state index in [4.69, 9.17) is 21.1 Å². The highest BCUT2D eigenvalue weighted by Gasteiger charge is 2.74. The van der Waals surface area contributed by atoms with Gasteiger partial charge in [-0.05, 0) is 56.1 Å². The average molecular weight is 480 g/mol. The summed E-state index contributed by atoms with van der Waals surface area (Å²) in [6.07, 6.45) is 1.63. The molecule has 9 heteroatoms. The SMILES string of the molecule is Cc1cc(Cl)cc2c1NC(=O)[C@]21[C@@H]2C(=O)N(c3ccc4c(c3)OCCO4)C(=O)[C@@H]2[C@@H]2CCCN21. The van der Waals surface area contributed by atoms with Gasteiger partial charge in [0.15, 0.2) is 11.5 Å². The highest BCUT2D eigenvalue weighted by atomic mass is 35.5. The fourth-order valence-electron chi connectivity index (χ4n) is 6.86. The van der Waals surface area contributed by atoms with Crippen molar-refractivity contribution in [2.24, 2.45) is 11.8 Å². The average Bonchev–Trinajstić information content (AvgIpc) is 3.52. The number of ether oxygens (including phenoxy) is 2. The highest BCUT2D eigenvalue weighted by Crippen LogP contribution is 2.61. The van der Waals surface area contributed by atoms with Gasteiger partial charge in [-0.25, -0.2) is 4.90 Å². The molecule has 0 bridgehead atoms. The van der Waals surface area contributed by atoms with E-state index in [1.165, 1.54) is 4.90 Å². The van der Waals surface area contributed by atoms with E-state index in [1.54, 1.807) is 30.3 Å². The standard InChI is InChI=1S/C25H22ClN3O5/c1-12-9-13(26)10-15-21(12)27-24(32)25(15)20-19(16-3-2-6-28(16)25)22(30)29(23(20)31)14-4-5-17-18(11-14)34-8-7-33-17/h4-5,9-11,16,19-20H,2-3,6-8H2,1H3,(H,27,32)/t16-,19+,20-,25+/m0/s1. The lowest BCUT2D eigenvalue weighted by atomic mass is 9.75.